The van der Waals surface area contributed by atoms with Gasteiger partial charge in [0.25, 0.3) is 0 Å². The van der Waals surface area contributed by atoms with Gasteiger partial charge in [0, 0.05) is 36.6 Å². The third-order valence-electron chi connectivity index (χ3n) is 10.9. The summed E-state index contributed by atoms with van der Waals surface area (Å²) in [5, 5.41) is 5.48. The Morgan fingerprint density at radius 2 is 1.07 bits per heavy atom. The van der Waals surface area contributed by atoms with E-state index in [1.807, 2.05) is 34.1 Å². The van der Waals surface area contributed by atoms with E-state index in [1.54, 1.807) is 24.8 Å². The van der Waals surface area contributed by atoms with Gasteiger partial charge in [-0.15, -0.1) is 0 Å². The molecule has 4 amide bonds. The molecule has 8 rings (SSSR count). The van der Waals surface area contributed by atoms with E-state index < -0.39 is 24.3 Å². The molecular weight excluding hydrogens is 692 g/mol. The molecule has 3 aromatic heterocycles. The molecule has 5 heterocycles. The van der Waals surface area contributed by atoms with Crippen LogP contribution in [0.5, 0.6) is 0 Å². The number of aromatic nitrogens is 6. The lowest BCUT2D eigenvalue weighted by molar-refractivity contribution is -0.135. The number of alkyl carbamates (subject to hydrolysis) is 2. The molecule has 4 N–H and O–H groups in total. The second-order valence-corrected chi connectivity index (χ2v) is 14.5. The van der Waals surface area contributed by atoms with Crippen molar-refractivity contribution in [3.63, 3.8) is 0 Å². The minimum Gasteiger partial charge on any atom is -0.453 e. The minimum atomic E-state index is -0.597. The summed E-state index contributed by atoms with van der Waals surface area (Å²) >= 11 is 0. The third kappa shape index (κ3) is 7.24. The first-order valence-corrected chi connectivity index (χ1v) is 18.6. The second kappa shape index (κ2) is 14.9. The number of methoxy groups -OCH3 is 2. The van der Waals surface area contributed by atoms with Gasteiger partial charge in [-0.25, -0.2) is 29.5 Å². The number of likely N-dealkylation sites (tertiary alicyclic amines) is 2. The first kappa shape index (κ1) is 35.2. The van der Waals surface area contributed by atoms with Gasteiger partial charge in [0.15, 0.2) is 5.82 Å². The number of H-pyrrole nitrogens is 2. The normalized spacial score (nSPS) is 20.7. The number of nitrogens with zero attached hydrogens (tertiary/aromatic N) is 6. The van der Waals surface area contributed by atoms with Crippen LogP contribution in [0.2, 0.25) is 0 Å². The number of hydrogen-bond acceptors (Lipinski definition) is 10. The van der Waals surface area contributed by atoms with Crippen molar-refractivity contribution in [1.82, 2.24) is 50.3 Å². The van der Waals surface area contributed by atoms with Crippen LogP contribution in [0.1, 0.15) is 75.1 Å². The quantitative estimate of drug-likeness (QED) is 0.170. The minimum absolute atomic E-state index is 0.0904. The van der Waals surface area contributed by atoms with Crippen LogP contribution in [0.4, 0.5) is 9.59 Å². The molecule has 4 fully saturated rings. The number of nitrogens with one attached hydrogen (secondary N) is 4. The Kier molecular flexibility index (Phi) is 9.73. The Bertz CT molecular complexity index is 1860. The standard InChI is InChI=1S/C38H44N10O6/c1-53-37(51)45-30(22-9-10-22)35(49)47-15-3-5-28(47)33-41-19-26(43-33)21-7-13-24(14-8-21)32-39-17-25(18-40-32)27-20-42-34(44-27)29-6-4-16-48(29)36(50)31(23-11-12-23)46-38(52)54-2/h7-8,13-14,17-20,22-23,28-31H,3-6,9-12,15-16H2,1-2H3,(H,41,43)(H,42,44)(H,45,51)(H,46,52)/t28-,29-,30-,31-/m0/s1. The third-order valence-corrected chi connectivity index (χ3v) is 10.9. The molecule has 0 radical (unpaired) electrons. The molecule has 4 atom stereocenters. The number of benzene rings is 1. The van der Waals surface area contributed by atoms with Crippen molar-refractivity contribution in [1.29, 1.82) is 0 Å². The molecule has 2 saturated heterocycles. The number of aromatic amines is 2. The van der Waals surface area contributed by atoms with Crippen LogP contribution >= 0.6 is 0 Å². The molecule has 4 aromatic rings. The van der Waals surface area contributed by atoms with Gasteiger partial charge >= 0.3 is 12.2 Å². The van der Waals surface area contributed by atoms with Crippen LogP contribution in [0, 0.1) is 11.8 Å². The molecule has 2 saturated carbocycles. The largest absolute Gasteiger partial charge is 0.453 e. The van der Waals surface area contributed by atoms with Crippen molar-refractivity contribution >= 4 is 24.0 Å². The lowest BCUT2D eigenvalue weighted by Gasteiger charge is -2.28. The van der Waals surface area contributed by atoms with E-state index in [0.29, 0.717) is 24.7 Å². The Hall–Kier alpha value is -5.80. The molecule has 4 aliphatic rings. The summed E-state index contributed by atoms with van der Waals surface area (Å²) in [7, 11) is 2.60. The van der Waals surface area contributed by atoms with Crippen molar-refractivity contribution in [2.45, 2.75) is 75.5 Å². The molecule has 1 aromatic carbocycles. The summed E-state index contributed by atoms with van der Waals surface area (Å²) in [4.78, 5) is 80.0. The lowest BCUT2D eigenvalue weighted by atomic mass is 10.1. The van der Waals surface area contributed by atoms with Gasteiger partial charge < -0.3 is 39.9 Å². The van der Waals surface area contributed by atoms with Crippen LogP contribution in [-0.4, -0.2) is 103 Å². The molecule has 16 nitrogen and oxygen atoms in total. The van der Waals surface area contributed by atoms with Gasteiger partial charge in [-0.1, -0.05) is 24.3 Å². The molecule has 282 valence electrons. The van der Waals surface area contributed by atoms with Crippen molar-refractivity contribution < 1.29 is 28.7 Å². The van der Waals surface area contributed by atoms with E-state index in [-0.39, 0.29) is 35.7 Å². The second-order valence-electron chi connectivity index (χ2n) is 14.5. The number of ether oxygens (including phenoxy) is 2. The summed E-state index contributed by atoms with van der Waals surface area (Å²) < 4.78 is 9.54. The molecular formula is C38H44N10O6. The number of hydrogen-bond donors (Lipinski definition) is 4. The Labute approximate surface area is 311 Å². The van der Waals surface area contributed by atoms with Gasteiger partial charge in [-0.05, 0) is 68.8 Å². The van der Waals surface area contributed by atoms with Gasteiger partial charge in [-0.3, -0.25) is 9.59 Å². The average molecular weight is 737 g/mol. The summed E-state index contributed by atoms with van der Waals surface area (Å²) in [6.07, 6.45) is 12.7. The van der Waals surface area contributed by atoms with Crippen LogP contribution in [0.25, 0.3) is 33.9 Å². The van der Waals surface area contributed by atoms with Crippen LogP contribution in [0.15, 0.2) is 49.1 Å². The van der Waals surface area contributed by atoms with E-state index in [4.69, 9.17) is 9.47 Å². The molecule has 2 aliphatic carbocycles. The highest BCUT2D eigenvalue weighted by atomic mass is 16.5. The Morgan fingerprint density at radius 3 is 1.52 bits per heavy atom. The zero-order valence-corrected chi connectivity index (χ0v) is 30.3. The van der Waals surface area contributed by atoms with Gasteiger partial charge in [-0.2, -0.15) is 0 Å². The average Bonchev–Trinajstić information content (AvgIpc) is 3.92. The fourth-order valence-corrected chi connectivity index (χ4v) is 7.70. The maximum atomic E-state index is 13.5. The monoisotopic (exact) mass is 736 g/mol. The molecule has 16 heteroatoms. The van der Waals surface area contributed by atoms with Crippen molar-refractivity contribution in [2.24, 2.45) is 11.8 Å². The predicted molar refractivity (Wildman–Crippen MR) is 194 cm³/mol. The maximum absolute atomic E-state index is 13.5. The van der Waals surface area contributed by atoms with E-state index in [0.717, 1.165) is 85.3 Å². The fourth-order valence-electron chi connectivity index (χ4n) is 7.70. The maximum Gasteiger partial charge on any atom is 0.407 e. The zero-order valence-electron chi connectivity index (χ0n) is 30.3. The van der Waals surface area contributed by atoms with Crippen LogP contribution < -0.4 is 10.6 Å². The van der Waals surface area contributed by atoms with E-state index >= 15 is 0 Å². The summed E-state index contributed by atoms with van der Waals surface area (Å²) in [5.74, 6) is 2.06. The molecule has 0 bridgehead atoms. The van der Waals surface area contributed by atoms with E-state index in [9.17, 15) is 19.2 Å². The van der Waals surface area contributed by atoms with Crippen LogP contribution in [0.3, 0.4) is 0 Å². The smallest absolute Gasteiger partial charge is 0.407 e. The highest BCUT2D eigenvalue weighted by Gasteiger charge is 2.44. The van der Waals surface area contributed by atoms with Crippen molar-refractivity contribution in [2.75, 3.05) is 27.3 Å². The van der Waals surface area contributed by atoms with E-state index in [2.05, 4.69) is 40.5 Å². The summed E-state index contributed by atoms with van der Waals surface area (Å²) in [6.45, 7) is 1.21. The fraction of sp³-hybridized carbons (Fsp3) is 0.474. The number of imidazole rings is 2. The molecule has 0 unspecified atom stereocenters. The van der Waals surface area contributed by atoms with Gasteiger partial charge in [0.2, 0.25) is 11.8 Å². The number of amides is 4. The Balaban J connectivity index is 0.911. The topological polar surface area (TPSA) is 200 Å². The van der Waals surface area contributed by atoms with Crippen LogP contribution in [-0.2, 0) is 19.1 Å². The van der Waals surface area contributed by atoms with Crippen molar-refractivity contribution in [3.8, 4) is 33.9 Å². The summed E-state index contributed by atoms with van der Waals surface area (Å²) in [5.41, 5.74) is 4.12. The van der Waals surface area contributed by atoms with Crippen molar-refractivity contribution in [3.05, 3.63) is 60.7 Å². The number of rotatable bonds is 11. The molecule has 0 spiro atoms. The SMILES string of the molecule is COC(=O)N[C@H](C(=O)N1CCC[C@H]1c1ncc(-c2ccc(-c3ncc(-c4cnc([C@@H]5CCCN5C(=O)[C@@H](NC(=O)OC)C5CC5)[nH]4)cn3)cc2)[nH]1)C1CC1. The number of carbonyl (C=O) groups excluding carboxylic acids is 4. The van der Waals surface area contributed by atoms with Gasteiger partial charge in [0.1, 0.15) is 23.7 Å². The number of carbonyl (C=O) groups is 4. The van der Waals surface area contributed by atoms with E-state index in [1.165, 1.54) is 14.2 Å². The first-order valence-electron chi connectivity index (χ1n) is 18.6. The Morgan fingerprint density at radius 1 is 0.630 bits per heavy atom. The summed E-state index contributed by atoms with van der Waals surface area (Å²) in [6, 6.07) is 6.28. The lowest BCUT2D eigenvalue weighted by Crippen LogP contribution is -2.49. The predicted octanol–water partition coefficient (Wildman–Crippen LogP) is 4.52. The molecule has 2 aliphatic heterocycles. The molecule has 54 heavy (non-hydrogen) atoms. The first-order chi connectivity index (χ1) is 26.3. The highest BCUT2D eigenvalue weighted by Crippen LogP contribution is 2.39. The zero-order chi connectivity index (χ0) is 37.3. The highest BCUT2D eigenvalue weighted by molar-refractivity contribution is 5.87. The van der Waals surface area contributed by atoms with Gasteiger partial charge in [0.05, 0.1) is 50.1 Å².